The molecule has 1 heterocycles. The van der Waals surface area contributed by atoms with Gasteiger partial charge in [0.2, 0.25) is 10.0 Å². The summed E-state index contributed by atoms with van der Waals surface area (Å²) in [6.07, 6.45) is 0. The van der Waals surface area contributed by atoms with Crippen molar-refractivity contribution in [2.45, 2.75) is 32.2 Å². The van der Waals surface area contributed by atoms with Crippen LogP contribution in [0.5, 0.6) is 6.01 Å². The van der Waals surface area contributed by atoms with Gasteiger partial charge in [0.05, 0.1) is 18.9 Å². The van der Waals surface area contributed by atoms with Gasteiger partial charge in [0, 0.05) is 6.54 Å². The summed E-state index contributed by atoms with van der Waals surface area (Å²) < 4.78 is 46.7. The molecule has 0 radical (unpaired) electrons. The molecular weight excluding hydrogens is 323 g/mol. The fourth-order valence-electron chi connectivity index (χ4n) is 2.23. The van der Waals surface area contributed by atoms with E-state index in [-0.39, 0.29) is 5.75 Å². The molecular formula is C14H19FN4O3S. The van der Waals surface area contributed by atoms with Crippen molar-refractivity contribution in [3.8, 4) is 6.01 Å². The standard InChI is InChI=1S/C14H19FN4O3S/c1-4-19-13(16-17-14(19)22-3)10(2)18-23(20,21)9-11-5-7-12(15)8-6-11/h5-8,10,18H,4,9H2,1-3H3/t10-/m1/s1. The number of methoxy groups -OCH3 is 1. The first kappa shape index (κ1) is 17.4. The van der Waals surface area contributed by atoms with E-state index in [2.05, 4.69) is 14.9 Å². The first-order valence-corrected chi connectivity index (χ1v) is 8.73. The molecule has 0 fully saturated rings. The predicted octanol–water partition coefficient (Wildman–Crippen LogP) is 1.63. The maximum atomic E-state index is 12.9. The van der Waals surface area contributed by atoms with Crippen molar-refractivity contribution in [1.82, 2.24) is 19.5 Å². The van der Waals surface area contributed by atoms with Gasteiger partial charge in [-0.1, -0.05) is 17.2 Å². The van der Waals surface area contributed by atoms with Crippen LogP contribution in [-0.2, 0) is 22.3 Å². The Labute approximate surface area is 134 Å². The molecule has 1 aromatic carbocycles. The van der Waals surface area contributed by atoms with Gasteiger partial charge in [-0.05, 0) is 31.5 Å². The van der Waals surface area contributed by atoms with E-state index in [4.69, 9.17) is 4.74 Å². The molecule has 23 heavy (non-hydrogen) atoms. The second-order valence-electron chi connectivity index (χ2n) is 5.01. The van der Waals surface area contributed by atoms with Crippen LogP contribution in [0.25, 0.3) is 0 Å². The Balaban J connectivity index is 2.13. The lowest BCUT2D eigenvalue weighted by molar-refractivity contribution is 0.354. The van der Waals surface area contributed by atoms with E-state index in [9.17, 15) is 12.8 Å². The van der Waals surface area contributed by atoms with Crippen LogP contribution in [-0.4, -0.2) is 30.3 Å². The molecule has 0 saturated heterocycles. The number of benzene rings is 1. The van der Waals surface area contributed by atoms with Gasteiger partial charge in [0.25, 0.3) is 0 Å². The van der Waals surface area contributed by atoms with Gasteiger partial charge in [0.1, 0.15) is 5.82 Å². The number of aromatic nitrogens is 3. The third kappa shape index (κ3) is 4.26. The van der Waals surface area contributed by atoms with E-state index in [1.54, 1.807) is 11.5 Å². The van der Waals surface area contributed by atoms with Crippen LogP contribution in [0.2, 0.25) is 0 Å². The highest BCUT2D eigenvalue weighted by molar-refractivity contribution is 7.88. The zero-order valence-corrected chi connectivity index (χ0v) is 14.0. The highest BCUT2D eigenvalue weighted by Crippen LogP contribution is 2.18. The molecule has 7 nitrogen and oxygen atoms in total. The van der Waals surface area contributed by atoms with Crippen LogP contribution in [0.3, 0.4) is 0 Å². The van der Waals surface area contributed by atoms with Gasteiger partial charge < -0.3 is 4.74 Å². The summed E-state index contributed by atoms with van der Waals surface area (Å²) in [7, 11) is -2.14. The first-order chi connectivity index (χ1) is 10.9. The Kier molecular flexibility index (Phi) is 5.32. The maximum absolute atomic E-state index is 12.9. The van der Waals surface area contributed by atoms with Gasteiger partial charge in [-0.15, -0.1) is 5.10 Å². The van der Waals surface area contributed by atoms with Gasteiger partial charge in [0.15, 0.2) is 5.82 Å². The van der Waals surface area contributed by atoms with E-state index < -0.39 is 21.9 Å². The van der Waals surface area contributed by atoms with E-state index >= 15 is 0 Å². The average molecular weight is 342 g/mol. The van der Waals surface area contributed by atoms with Crippen molar-refractivity contribution < 1.29 is 17.5 Å². The zero-order valence-electron chi connectivity index (χ0n) is 13.2. The molecule has 0 aliphatic rings. The van der Waals surface area contributed by atoms with Gasteiger partial charge >= 0.3 is 6.01 Å². The number of halogens is 1. The number of rotatable bonds is 7. The molecule has 0 aliphatic carbocycles. The lowest BCUT2D eigenvalue weighted by Crippen LogP contribution is -2.30. The Morgan fingerprint density at radius 3 is 2.52 bits per heavy atom. The van der Waals surface area contributed by atoms with Gasteiger partial charge in [-0.2, -0.15) is 0 Å². The number of ether oxygens (including phenoxy) is 1. The van der Waals surface area contributed by atoms with E-state index in [0.717, 1.165) is 0 Å². The van der Waals surface area contributed by atoms with Crippen molar-refractivity contribution in [3.63, 3.8) is 0 Å². The molecule has 0 spiro atoms. The summed E-state index contributed by atoms with van der Waals surface area (Å²) in [5.74, 6) is -0.183. The topological polar surface area (TPSA) is 86.1 Å². The number of hydrogen-bond acceptors (Lipinski definition) is 5. The van der Waals surface area contributed by atoms with Gasteiger partial charge in [-0.3, -0.25) is 4.57 Å². The third-order valence-electron chi connectivity index (χ3n) is 3.26. The van der Waals surface area contributed by atoms with E-state index in [1.165, 1.54) is 31.4 Å². The molecule has 9 heteroatoms. The second-order valence-corrected chi connectivity index (χ2v) is 6.77. The summed E-state index contributed by atoms with van der Waals surface area (Å²) in [4.78, 5) is 0. The van der Waals surface area contributed by atoms with Crippen LogP contribution < -0.4 is 9.46 Å². The Bertz CT molecular complexity index is 759. The number of nitrogens with zero attached hydrogens (tertiary/aromatic N) is 3. The van der Waals surface area contributed by atoms with Crippen LogP contribution in [0, 0.1) is 5.82 Å². The molecule has 1 N–H and O–H groups in total. The van der Waals surface area contributed by atoms with Crippen molar-refractivity contribution in [1.29, 1.82) is 0 Å². The highest BCUT2D eigenvalue weighted by Gasteiger charge is 2.22. The zero-order chi connectivity index (χ0) is 17.0. The number of hydrogen-bond donors (Lipinski definition) is 1. The minimum absolute atomic E-state index is 0.241. The minimum atomic E-state index is -3.61. The summed E-state index contributed by atoms with van der Waals surface area (Å²) >= 11 is 0. The van der Waals surface area contributed by atoms with Crippen LogP contribution in [0.1, 0.15) is 31.3 Å². The molecule has 0 amide bonds. The molecule has 0 unspecified atom stereocenters. The number of sulfonamides is 1. The van der Waals surface area contributed by atoms with Crippen molar-refractivity contribution >= 4 is 10.0 Å². The fraction of sp³-hybridized carbons (Fsp3) is 0.429. The van der Waals surface area contributed by atoms with E-state index in [1.807, 2.05) is 6.92 Å². The lowest BCUT2D eigenvalue weighted by atomic mass is 10.2. The normalized spacial score (nSPS) is 13.0. The second kappa shape index (κ2) is 7.05. The minimum Gasteiger partial charge on any atom is -0.467 e. The molecule has 0 aliphatic heterocycles. The Morgan fingerprint density at radius 2 is 1.96 bits per heavy atom. The van der Waals surface area contributed by atoms with Crippen LogP contribution >= 0.6 is 0 Å². The SMILES string of the molecule is CCn1c(OC)nnc1[C@@H](C)NS(=O)(=O)Cc1ccc(F)cc1. The van der Waals surface area contributed by atoms with Crippen LogP contribution in [0.4, 0.5) is 4.39 Å². The smallest absolute Gasteiger partial charge is 0.316 e. The summed E-state index contributed by atoms with van der Waals surface area (Å²) in [6, 6.07) is 5.09. The predicted molar refractivity (Wildman–Crippen MR) is 82.8 cm³/mol. The highest BCUT2D eigenvalue weighted by atomic mass is 32.2. The third-order valence-corrected chi connectivity index (χ3v) is 4.68. The van der Waals surface area contributed by atoms with Crippen LogP contribution in [0.15, 0.2) is 24.3 Å². The van der Waals surface area contributed by atoms with Gasteiger partial charge in [-0.25, -0.2) is 17.5 Å². The van der Waals surface area contributed by atoms with E-state index in [0.29, 0.717) is 23.9 Å². The average Bonchev–Trinajstić information content (AvgIpc) is 2.92. The van der Waals surface area contributed by atoms with Crippen molar-refractivity contribution in [2.24, 2.45) is 0 Å². The number of nitrogens with one attached hydrogen (secondary N) is 1. The first-order valence-electron chi connectivity index (χ1n) is 7.07. The Hall–Kier alpha value is -2.00. The summed E-state index contributed by atoms with van der Waals surface area (Å²) in [5, 5.41) is 7.84. The summed E-state index contributed by atoms with van der Waals surface area (Å²) in [5.41, 5.74) is 0.501. The lowest BCUT2D eigenvalue weighted by Gasteiger charge is -2.15. The molecule has 0 bridgehead atoms. The van der Waals surface area contributed by atoms with Crippen molar-refractivity contribution in [2.75, 3.05) is 7.11 Å². The molecule has 2 aromatic rings. The maximum Gasteiger partial charge on any atom is 0.316 e. The molecule has 1 aromatic heterocycles. The van der Waals surface area contributed by atoms with Crippen molar-refractivity contribution in [3.05, 3.63) is 41.5 Å². The monoisotopic (exact) mass is 342 g/mol. The molecule has 126 valence electrons. The summed E-state index contributed by atoms with van der Waals surface area (Å²) in [6.45, 7) is 4.11. The largest absolute Gasteiger partial charge is 0.467 e. The molecule has 0 saturated carbocycles. The Morgan fingerprint density at radius 1 is 1.30 bits per heavy atom. The quantitative estimate of drug-likeness (QED) is 0.826. The molecule has 1 atom stereocenters. The molecule has 2 rings (SSSR count). The fourth-order valence-corrected chi connectivity index (χ4v) is 3.59.